The summed E-state index contributed by atoms with van der Waals surface area (Å²) in [6.07, 6.45) is 2.67. The number of benzene rings is 2. The lowest BCUT2D eigenvalue weighted by Crippen LogP contribution is -1.97. The summed E-state index contributed by atoms with van der Waals surface area (Å²) in [7, 11) is 0. The Morgan fingerprint density at radius 2 is 1.63 bits per heavy atom. The van der Waals surface area contributed by atoms with Gasteiger partial charge in [-0.05, 0) is 29.7 Å². The van der Waals surface area contributed by atoms with Gasteiger partial charge in [0.2, 0.25) is 0 Å². The van der Waals surface area contributed by atoms with E-state index in [1.54, 1.807) is 0 Å². The van der Waals surface area contributed by atoms with Gasteiger partial charge in [0, 0.05) is 11.6 Å². The molecule has 0 aliphatic rings. The summed E-state index contributed by atoms with van der Waals surface area (Å²) in [5.74, 6) is 0. The number of rotatable bonds is 3. The molecule has 0 bridgehead atoms. The molecule has 0 aliphatic carbocycles. The molecule has 0 saturated carbocycles. The van der Waals surface area contributed by atoms with Crippen molar-refractivity contribution >= 4 is 22.5 Å². The van der Waals surface area contributed by atoms with E-state index >= 15 is 0 Å². The third kappa shape index (κ3) is 2.61. The zero-order valence-electron chi connectivity index (χ0n) is 10.5. The van der Waals surface area contributed by atoms with Crippen LogP contribution in [0, 0.1) is 0 Å². The largest absolute Gasteiger partial charge is 0.256 e. The van der Waals surface area contributed by atoms with Crippen LogP contribution >= 0.6 is 11.6 Å². The molecule has 94 valence electrons. The SMILES string of the molecule is ClC(Cc1ccnc2ccccc12)c1ccccc1. The van der Waals surface area contributed by atoms with E-state index in [1.165, 1.54) is 10.9 Å². The van der Waals surface area contributed by atoms with Crippen molar-refractivity contribution in [2.75, 3.05) is 0 Å². The molecule has 0 amide bonds. The average Bonchev–Trinajstić information content (AvgIpc) is 2.48. The Labute approximate surface area is 117 Å². The Hall–Kier alpha value is -1.86. The van der Waals surface area contributed by atoms with E-state index in [0.717, 1.165) is 17.5 Å². The maximum atomic E-state index is 6.52. The van der Waals surface area contributed by atoms with Gasteiger partial charge in [-0.15, -0.1) is 11.6 Å². The fourth-order valence-corrected chi connectivity index (χ4v) is 2.62. The Balaban J connectivity index is 1.94. The summed E-state index contributed by atoms with van der Waals surface area (Å²) >= 11 is 6.52. The fourth-order valence-electron chi connectivity index (χ4n) is 2.31. The Bertz CT molecular complexity index is 674. The standard InChI is InChI=1S/C17H14ClN/c18-16(13-6-2-1-3-7-13)12-14-10-11-19-17-9-5-4-8-15(14)17/h1-11,16H,12H2. The summed E-state index contributed by atoms with van der Waals surface area (Å²) in [6.45, 7) is 0. The maximum absolute atomic E-state index is 6.52. The normalized spacial score (nSPS) is 12.5. The number of hydrogen-bond donors (Lipinski definition) is 0. The van der Waals surface area contributed by atoms with Gasteiger partial charge in [-0.2, -0.15) is 0 Å². The average molecular weight is 268 g/mol. The van der Waals surface area contributed by atoms with Gasteiger partial charge in [-0.1, -0.05) is 48.5 Å². The van der Waals surface area contributed by atoms with Crippen LogP contribution in [0.2, 0.25) is 0 Å². The van der Waals surface area contributed by atoms with Crippen molar-refractivity contribution in [2.24, 2.45) is 0 Å². The van der Waals surface area contributed by atoms with Gasteiger partial charge >= 0.3 is 0 Å². The van der Waals surface area contributed by atoms with E-state index < -0.39 is 0 Å². The van der Waals surface area contributed by atoms with Crippen molar-refractivity contribution in [3.05, 3.63) is 78.0 Å². The third-order valence-corrected chi connectivity index (χ3v) is 3.71. The second-order valence-electron chi connectivity index (χ2n) is 4.57. The predicted molar refractivity (Wildman–Crippen MR) is 80.5 cm³/mol. The number of pyridine rings is 1. The molecule has 19 heavy (non-hydrogen) atoms. The van der Waals surface area contributed by atoms with Crippen molar-refractivity contribution in [3.63, 3.8) is 0 Å². The molecule has 2 aromatic carbocycles. The van der Waals surface area contributed by atoms with Crippen LogP contribution in [0.25, 0.3) is 10.9 Å². The van der Waals surface area contributed by atoms with Crippen LogP contribution in [0.15, 0.2) is 66.9 Å². The molecule has 1 atom stereocenters. The summed E-state index contributed by atoms with van der Waals surface area (Å²) in [4.78, 5) is 4.38. The summed E-state index contributed by atoms with van der Waals surface area (Å²) < 4.78 is 0. The highest BCUT2D eigenvalue weighted by Gasteiger charge is 2.10. The van der Waals surface area contributed by atoms with Crippen LogP contribution in [-0.4, -0.2) is 4.98 Å². The molecule has 0 aliphatic heterocycles. The summed E-state index contributed by atoms with van der Waals surface area (Å²) in [5, 5.41) is 1.18. The first kappa shape index (κ1) is 12.2. The van der Waals surface area contributed by atoms with Gasteiger partial charge < -0.3 is 0 Å². The van der Waals surface area contributed by atoms with Crippen LogP contribution in [-0.2, 0) is 6.42 Å². The number of halogens is 1. The number of hydrogen-bond acceptors (Lipinski definition) is 1. The first-order chi connectivity index (χ1) is 9.34. The highest BCUT2D eigenvalue weighted by atomic mass is 35.5. The van der Waals surface area contributed by atoms with Gasteiger partial charge in [0.1, 0.15) is 0 Å². The predicted octanol–water partition coefficient (Wildman–Crippen LogP) is 4.76. The van der Waals surface area contributed by atoms with Gasteiger partial charge in [-0.3, -0.25) is 4.98 Å². The van der Waals surface area contributed by atoms with Gasteiger partial charge in [0.05, 0.1) is 10.9 Å². The number of alkyl halides is 1. The Morgan fingerprint density at radius 3 is 2.47 bits per heavy atom. The molecule has 1 heterocycles. The molecule has 2 heteroatoms. The smallest absolute Gasteiger partial charge is 0.0704 e. The van der Waals surface area contributed by atoms with Crippen LogP contribution in [0.1, 0.15) is 16.5 Å². The highest BCUT2D eigenvalue weighted by Crippen LogP contribution is 2.27. The molecule has 0 N–H and O–H groups in total. The van der Waals surface area contributed by atoms with Crippen molar-refractivity contribution in [1.82, 2.24) is 4.98 Å². The fraction of sp³-hybridized carbons (Fsp3) is 0.118. The van der Waals surface area contributed by atoms with Crippen molar-refractivity contribution in [1.29, 1.82) is 0 Å². The lowest BCUT2D eigenvalue weighted by molar-refractivity contribution is 0.926. The Morgan fingerprint density at radius 1 is 0.895 bits per heavy atom. The van der Waals surface area contributed by atoms with Crippen LogP contribution in [0.3, 0.4) is 0 Å². The molecule has 3 rings (SSSR count). The van der Waals surface area contributed by atoms with E-state index in [-0.39, 0.29) is 5.38 Å². The number of aromatic nitrogens is 1. The third-order valence-electron chi connectivity index (χ3n) is 3.30. The highest BCUT2D eigenvalue weighted by molar-refractivity contribution is 6.21. The minimum atomic E-state index is -0.00740. The molecular weight excluding hydrogens is 254 g/mol. The monoisotopic (exact) mass is 267 g/mol. The topological polar surface area (TPSA) is 12.9 Å². The van der Waals surface area contributed by atoms with Gasteiger partial charge in [-0.25, -0.2) is 0 Å². The minimum Gasteiger partial charge on any atom is -0.256 e. The lowest BCUT2D eigenvalue weighted by Gasteiger charge is -2.11. The molecule has 1 nitrogen and oxygen atoms in total. The van der Waals surface area contributed by atoms with Crippen molar-refractivity contribution in [3.8, 4) is 0 Å². The molecule has 3 aromatic rings. The van der Waals surface area contributed by atoms with E-state index in [9.17, 15) is 0 Å². The zero-order valence-corrected chi connectivity index (χ0v) is 11.2. The van der Waals surface area contributed by atoms with Gasteiger partial charge in [0.15, 0.2) is 0 Å². The summed E-state index contributed by atoms with van der Waals surface area (Å²) in [6, 6.07) is 20.4. The van der Waals surface area contributed by atoms with Crippen LogP contribution in [0.4, 0.5) is 0 Å². The van der Waals surface area contributed by atoms with E-state index in [0.29, 0.717) is 0 Å². The molecule has 1 unspecified atom stereocenters. The first-order valence-electron chi connectivity index (χ1n) is 6.36. The molecule has 0 spiro atoms. The Kier molecular flexibility index (Phi) is 3.47. The lowest BCUT2D eigenvalue weighted by atomic mass is 10.0. The molecule has 0 fully saturated rings. The van der Waals surface area contributed by atoms with E-state index in [2.05, 4.69) is 29.2 Å². The second-order valence-corrected chi connectivity index (χ2v) is 5.10. The van der Waals surface area contributed by atoms with E-state index in [1.807, 2.05) is 42.6 Å². The van der Waals surface area contributed by atoms with Crippen LogP contribution in [0.5, 0.6) is 0 Å². The van der Waals surface area contributed by atoms with Crippen molar-refractivity contribution in [2.45, 2.75) is 11.8 Å². The molecule has 0 saturated heterocycles. The number of nitrogens with zero attached hydrogens (tertiary/aromatic N) is 1. The van der Waals surface area contributed by atoms with E-state index in [4.69, 9.17) is 11.6 Å². The van der Waals surface area contributed by atoms with Crippen molar-refractivity contribution < 1.29 is 0 Å². The van der Waals surface area contributed by atoms with Crippen LogP contribution < -0.4 is 0 Å². The molecular formula is C17H14ClN. The quantitative estimate of drug-likeness (QED) is 0.624. The molecule has 1 aromatic heterocycles. The zero-order chi connectivity index (χ0) is 13.1. The number of fused-ring (bicyclic) bond motifs is 1. The minimum absolute atomic E-state index is 0.00740. The molecule has 0 radical (unpaired) electrons. The maximum Gasteiger partial charge on any atom is 0.0704 e. The number of para-hydroxylation sites is 1. The van der Waals surface area contributed by atoms with Gasteiger partial charge in [0.25, 0.3) is 0 Å². The second kappa shape index (κ2) is 5.41. The first-order valence-corrected chi connectivity index (χ1v) is 6.80. The summed E-state index contributed by atoms with van der Waals surface area (Å²) in [5.41, 5.74) is 3.43.